The van der Waals surface area contributed by atoms with Crippen molar-refractivity contribution in [3.63, 3.8) is 0 Å². The molecule has 1 N–H and O–H groups in total. The van der Waals surface area contributed by atoms with Crippen molar-refractivity contribution in [1.82, 2.24) is 10.3 Å². The predicted molar refractivity (Wildman–Crippen MR) is 129 cm³/mol. The second kappa shape index (κ2) is 10.8. The van der Waals surface area contributed by atoms with E-state index in [-0.39, 0.29) is 25.3 Å². The van der Waals surface area contributed by atoms with Crippen molar-refractivity contribution in [3.05, 3.63) is 84.2 Å². The molecule has 34 heavy (non-hydrogen) atoms. The van der Waals surface area contributed by atoms with Crippen LogP contribution in [0.4, 0.5) is 8.78 Å². The van der Waals surface area contributed by atoms with Crippen LogP contribution in [0.25, 0.3) is 11.1 Å². The summed E-state index contributed by atoms with van der Waals surface area (Å²) in [5.41, 5.74) is 3.82. The van der Waals surface area contributed by atoms with Crippen LogP contribution in [-0.2, 0) is 10.5 Å². The molecule has 1 heterocycles. The molecule has 0 radical (unpaired) electrons. The van der Waals surface area contributed by atoms with Gasteiger partial charge in [0.25, 0.3) is 0 Å². The highest BCUT2D eigenvalue weighted by molar-refractivity contribution is 7.98. The topological polar surface area (TPSA) is 65.8 Å². The first-order valence-electron chi connectivity index (χ1n) is 11.2. The van der Waals surface area contributed by atoms with Crippen LogP contribution in [0.2, 0.25) is 0 Å². The van der Waals surface area contributed by atoms with Crippen LogP contribution in [0.1, 0.15) is 36.4 Å². The highest BCUT2D eigenvalue weighted by Crippen LogP contribution is 2.47. The standard InChI is InChI=1S/C27H25F2N3OS/c28-27(29)13-12-24(25(17-27)26(33)32-16-14-30)23-7-2-1-6-22(23)19-8-10-21(11-9-19)34-18-20-5-3-4-15-31-20/h1-11,15,24-25H,12-13,16-18H2,(H,32,33)/t24-,25+/m0/s1. The number of nitrogens with zero attached hydrogens (tertiary/aromatic N) is 2. The van der Waals surface area contributed by atoms with E-state index in [0.29, 0.717) is 0 Å². The second-order valence-electron chi connectivity index (χ2n) is 8.41. The Morgan fingerprint density at radius 1 is 1.12 bits per heavy atom. The largest absolute Gasteiger partial charge is 0.343 e. The SMILES string of the molecule is N#CCNC(=O)[C@@H]1CC(F)(F)CC[C@H]1c1ccccc1-c1ccc(SCc2ccccn2)cc1. The van der Waals surface area contributed by atoms with Gasteiger partial charge in [0.2, 0.25) is 11.8 Å². The third-order valence-corrected chi connectivity index (χ3v) is 7.19. The maximum absolute atomic E-state index is 14.2. The third kappa shape index (κ3) is 5.81. The van der Waals surface area contributed by atoms with Gasteiger partial charge in [-0.1, -0.05) is 42.5 Å². The van der Waals surface area contributed by atoms with Crippen LogP contribution in [0.5, 0.6) is 0 Å². The number of pyridine rings is 1. The van der Waals surface area contributed by atoms with Crippen molar-refractivity contribution in [2.45, 2.75) is 41.8 Å². The minimum atomic E-state index is -2.88. The van der Waals surface area contributed by atoms with Crippen molar-refractivity contribution in [2.75, 3.05) is 6.54 Å². The summed E-state index contributed by atoms with van der Waals surface area (Å²) in [6, 6.07) is 23.6. The van der Waals surface area contributed by atoms with Gasteiger partial charge in [0, 0.05) is 29.7 Å². The molecule has 0 bridgehead atoms. The molecule has 0 unspecified atom stereocenters. The van der Waals surface area contributed by atoms with Gasteiger partial charge < -0.3 is 5.32 Å². The van der Waals surface area contributed by atoms with E-state index in [9.17, 15) is 13.6 Å². The Morgan fingerprint density at radius 3 is 2.62 bits per heavy atom. The van der Waals surface area contributed by atoms with Crippen molar-refractivity contribution in [2.24, 2.45) is 5.92 Å². The van der Waals surface area contributed by atoms with Gasteiger partial charge in [-0.3, -0.25) is 9.78 Å². The molecular weight excluding hydrogens is 452 g/mol. The number of rotatable bonds is 7. The molecule has 0 aliphatic heterocycles. The highest BCUT2D eigenvalue weighted by atomic mass is 32.2. The van der Waals surface area contributed by atoms with E-state index in [1.807, 2.05) is 72.8 Å². The molecule has 1 saturated carbocycles. The van der Waals surface area contributed by atoms with E-state index in [1.165, 1.54) is 0 Å². The average molecular weight is 478 g/mol. The van der Waals surface area contributed by atoms with Gasteiger partial charge in [-0.05, 0) is 53.3 Å². The molecule has 0 saturated heterocycles. The van der Waals surface area contributed by atoms with Crippen LogP contribution in [0.15, 0.2) is 77.8 Å². The van der Waals surface area contributed by atoms with Gasteiger partial charge in [-0.15, -0.1) is 11.8 Å². The smallest absolute Gasteiger partial charge is 0.249 e. The van der Waals surface area contributed by atoms with E-state index in [1.54, 1.807) is 18.0 Å². The number of thioether (sulfide) groups is 1. The Labute approximate surface area is 202 Å². The molecule has 2 atom stereocenters. The lowest BCUT2D eigenvalue weighted by Crippen LogP contribution is -2.41. The fourth-order valence-corrected chi connectivity index (χ4v) is 5.31. The van der Waals surface area contributed by atoms with Crippen molar-refractivity contribution >= 4 is 17.7 Å². The average Bonchev–Trinajstić information content (AvgIpc) is 2.86. The molecule has 7 heteroatoms. The van der Waals surface area contributed by atoms with E-state index in [4.69, 9.17) is 5.26 Å². The number of hydrogen-bond acceptors (Lipinski definition) is 4. The first kappa shape index (κ1) is 23.9. The monoisotopic (exact) mass is 477 g/mol. The predicted octanol–water partition coefficient (Wildman–Crippen LogP) is 6.20. The molecule has 1 fully saturated rings. The van der Waals surface area contributed by atoms with Gasteiger partial charge in [0.15, 0.2) is 0 Å². The summed E-state index contributed by atoms with van der Waals surface area (Å²) in [6.07, 6.45) is 1.24. The Morgan fingerprint density at radius 2 is 1.88 bits per heavy atom. The van der Waals surface area contributed by atoms with Crippen molar-refractivity contribution in [1.29, 1.82) is 5.26 Å². The zero-order valence-electron chi connectivity index (χ0n) is 18.6. The number of nitriles is 1. The molecule has 2 aromatic carbocycles. The number of halogens is 2. The molecule has 0 spiro atoms. The second-order valence-corrected chi connectivity index (χ2v) is 9.46. The summed E-state index contributed by atoms with van der Waals surface area (Å²) in [7, 11) is 0. The lowest BCUT2D eigenvalue weighted by Gasteiger charge is -2.36. The first-order valence-corrected chi connectivity index (χ1v) is 12.2. The molecule has 1 aromatic heterocycles. The summed E-state index contributed by atoms with van der Waals surface area (Å²) in [4.78, 5) is 18.2. The number of aromatic nitrogens is 1. The maximum atomic E-state index is 14.2. The number of hydrogen-bond donors (Lipinski definition) is 1. The number of nitrogens with one attached hydrogen (secondary N) is 1. The number of benzene rings is 2. The summed E-state index contributed by atoms with van der Waals surface area (Å²) < 4.78 is 28.5. The van der Waals surface area contributed by atoms with E-state index in [2.05, 4.69) is 10.3 Å². The van der Waals surface area contributed by atoms with Crippen LogP contribution in [-0.4, -0.2) is 23.4 Å². The Balaban J connectivity index is 1.57. The molecular formula is C27H25F2N3OS. The van der Waals surface area contributed by atoms with E-state index in [0.717, 1.165) is 33.0 Å². The van der Waals surface area contributed by atoms with Gasteiger partial charge in [0.05, 0.1) is 17.7 Å². The zero-order chi connectivity index (χ0) is 24.0. The Hall–Kier alpha value is -3.24. The minimum absolute atomic E-state index is 0.188. The number of alkyl halides is 2. The molecule has 4 nitrogen and oxygen atoms in total. The summed E-state index contributed by atoms with van der Waals surface area (Å²) >= 11 is 1.70. The van der Waals surface area contributed by atoms with E-state index < -0.39 is 24.2 Å². The van der Waals surface area contributed by atoms with Gasteiger partial charge >= 0.3 is 0 Å². The Kier molecular flexibility index (Phi) is 7.59. The van der Waals surface area contributed by atoms with Crippen LogP contribution >= 0.6 is 11.8 Å². The summed E-state index contributed by atoms with van der Waals surface area (Å²) in [5.74, 6) is -3.82. The van der Waals surface area contributed by atoms with Crippen molar-refractivity contribution < 1.29 is 13.6 Å². The van der Waals surface area contributed by atoms with Crippen LogP contribution in [0.3, 0.4) is 0 Å². The minimum Gasteiger partial charge on any atom is -0.343 e. The number of carbonyl (C=O) groups excluding carboxylic acids is 1. The molecule has 1 aliphatic carbocycles. The third-order valence-electron chi connectivity index (χ3n) is 6.14. The fraction of sp³-hybridized carbons (Fsp3) is 0.296. The van der Waals surface area contributed by atoms with Gasteiger partial charge in [0.1, 0.15) is 6.54 Å². The number of carbonyl (C=O) groups is 1. The number of amides is 1. The van der Waals surface area contributed by atoms with Crippen LogP contribution in [0, 0.1) is 17.2 Å². The first-order chi connectivity index (χ1) is 16.5. The molecule has 3 aromatic rings. The fourth-order valence-electron chi connectivity index (χ4n) is 4.49. The highest BCUT2D eigenvalue weighted by Gasteiger charge is 2.45. The van der Waals surface area contributed by atoms with Gasteiger partial charge in [-0.25, -0.2) is 8.78 Å². The van der Waals surface area contributed by atoms with E-state index >= 15 is 0 Å². The van der Waals surface area contributed by atoms with Gasteiger partial charge in [-0.2, -0.15) is 5.26 Å². The molecule has 174 valence electrons. The molecule has 4 rings (SSSR count). The van der Waals surface area contributed by atoms with Crippen molar-refractivity contribution in [3.8, 4) is 17.2 Å². The molecule has 1 amide bonds. The normalized spacial score (nSPS) is 19.2. The summed E-state index contributed by atoms with van der Waals surface area (Å²) in [5, 5.41) is 11.3. The zero-order valence-corrected chi connectivity index (χ0v) is 19.4. The lowest BCUT2D eigenvalue weighted by molar-refractivity contribution is -0.133. The van der Waals surface area contributed by atoms with Crippen LogP contribution < -0.4 is 5.32 Å². The Bertz CT molecular complexity index is 1160. The molecule has 1 aliphatic rings. The lowest BCUT2D eigenvalue weighted by atomic mass is 9.72. The summed E-state index contributed by atoms with van der Waals surface area (Å²) in [6.45, 7) is -0.188. The quantitative estimate of drug-likeness (QED) is 0.325. The maximum Gasteiger partial charge on any atom is 0.249 e.